The number of fused-ring (bicyclic) bond motifs is 3. The van der Waals surface area contributed by atoms with E-state index in [4.69, 9.17) is 0 Å². The van der Waals surface area contributed by atoms with Crippen LogP contribution in [0.4, 0.5) is 0 Å². The van der Waals surface area contributed by atoms with E-state index in [2.05, 4.69) is 27.5 Å². The molecule has 4 rings (SSSR count). The number of hydrogen-bond acceptors (Lipinski definition) is 6. The van der Waals surface area contributed by atoms with Crippen LogP contribution in [0.1, 0.15) is 54.7 Å². The van der Waals surface area contributed by atoms with Crippen LogP contribution in [0.25, 0.3) is 10.9 Å². The van der Waals surface area contributed by atoms with Crippen molar-refractivity contribution in [2.75, 3.05) is 33.7 Å². The lowest BCUT2D eigenvalue weighted by atomic mass is 9.93. The number of carbonyl (C=O) groups is 3. The highest BCUT2D eigenvalue weighted by Gasteiger charge is 2.27. The minimum absolute atomic E-state index is 0.0707. The molecule has 3 N–H and O–H groups in total. The number of thiazole rings is 1. The summed E-state index contributed by atoms with van der Waals surface area (Å²) in [6.45, 7) is 3.91. The van der Waals surface area contributed by atoms with Crippen LogP contribution in [0.3, 0.4) is 0 Å². The van der Waals surface area contributed by atoms with Gasteiger partial charge in [0.15, 0.2) is 5.78 Å². The van der Waals surface area contributed by atoms with Crippen molar-refractivity contribution in [2.24, 2.45) is 0 Å². The van der Waals surface area contributed by atoms with E-state index < -0.39 is 0 Å². The Labute approximate surface area is 184 Å². The second-order valence-corrected chi connectivity index (χ2v) is 9.01. The highest BCUT2D eigenvalue weighted by Crippen LogP contribution is 2.32. The molecule has 31 heavy (non-hydrogen) atoms. The van der Waals surface area contributed by atoms with E-state index in [1.54, 1.807) is 11.4 Å². The van der Waals surface area contributed by atoms with Gasteiger partial charge in [-0.25, -0.2) is 4.98 Å². The van der Waals surface area contributed by atoms with E-state index in [1.165, 1.54) is 11.3 Å². The molecule has 0 radical (unpaired) electrons. The molecule has 0 spiro atoms. The van der Waals surface area contributed by atoms with Gasteiger partial charge in [-0.2, -0.15) is 0 Å². The molecule has 0 fully saturated rings. The van der Waals surface area contributed by atoms with Gasteiger partial charge in [0.05, 0.1) is 6.42 Å². The fourth-order valence-electron chi connectivity index (χ4n) is 3.73. The van der Waals surface area contributed by atoms with Crippen molar-refractivity contribution in [3.05, 3.63) is 51.1 Å². The maximum atomic E-state index is 12.9. The molecule has 0 aliphatic carbocycles. The third-order valence-corrected chi connectivity index (χ3v) is 6.24. The van der Waals surface area contributed by atoms with Crippen molar-refractivity contribution >= 4 is 39.8 Å². The molecule has 0 saturated carbocycles. The van der Waals surface area contributed by atoms with Gasteiger partial charge in [0, 0.05) is 47.4 Å². The third kappa shape index (κ3) is 4.38. The van der Waals surface area contributed by atoms with Crippen molar-refractivity contribution < 1.29 is 14.4 Å². The molecular formula is C22H25N5O3S. The number of aromatic nitrogens is 2. The molecule has 1 aliphatic heterocycles. The molecule has 0 unspecified atom stereocenters. The first-order valence-electron chi connectivity index (χ1n) is 10.2. The molecule has 162 valence electrons. The lowest BCUT2D eigenvalue weighted by Gasteiger charge is -2.19. The molecule has 0 bridgehead atoms. The summed E-state index contributed by atoms with van der Waals surface area (Å²) in [4.78, 5) is 46.7. The van der Waals surface area contributed by atoms with Crippen LogP contribution in [0.15, 0.2) is 23.6 Å². The standard InChI is InChI=1S/C22H25N5O3S/c1-12-10-24-22(30)20-19(12)14-8-13(4-5-15(14)26-20)17(28)9-18-25-16(11-31-18)21(29)23-6-7-27(2)3/h4-5,8,11-12,26H,6-7,9-10H2,1-3H3,(H,23,29)(H,24,30)/t12-/m0/s1. The number of Topliss-reactive ketones (excluding diaryl/α,β-unsaturated/α-hetero) is 1. The molecular weight excluding hydrogens is 414 g/mol. The number of ketones is 1. The number of aromatic amines is 1. The zero-order valence-electron chi connectivity index (χ0n) is 17.7. The number of nitrogens with zero attached hydrogens (tertiary/aromatic N) is 2. The van der Waals surface area contributed by atoms with E-state index in [-0.39, 0.29) is 29.9 Å². The SMILES string of the molecule is C[C@H]1CNC(=O)c2[nH]c3ccc(C(=O)Cc4nc(C(=O)NCCN(C)C)cs4)cc3c21. The summed E-state index contributed by atoms with van der Waals surface area (Å²) in [5.41, 5.74) is 3.28. The van der Waals surface area contributed by atoms with Gasteiger partial charge in [0.25, 0.3) is 11.8 Å². The Kier molecular flexibility index (Phi) is 5.88. The van der Waals surface area contributed by atoms with Crippen molar-refractivity contribution in [1.82, 2.24) is 25.5 Å². The summed E-state index contributed by atoms with van der Waals surface area (Å²) in [7, 11) is 3.88. The molecule has 8 nitrogen and oxygen atoms in total. The number of H-pyrrole nitrogens is 1. The van der Waals surface area contributed by atoms with E-state index in [9.17, 15) is 14.4 Å². The first-order valence-corrected chi connectivity index (χ1v) is 11.1. The summed E-state index contributed by atoms with van der Waals surface area (Å²) >= 11 is 1.31. The van der Waals surface area contributed by atoms with Crippen molar-refractivity contribution in [3.8, 4) is 0 Å². The van der Waals surface area contributed by atoms with Crippen molar-refractivity contribution in [1.29, 1.82) is 0 Å². The Hall–Kier alpha value is -3.04. The predicted molar refractivity (Wildman–Crippen MR) is 120 cm³/mol. The van der Waals surface area contributed by atoms with Crippen LogP contribution < -0.4 is 10.6 Å². The van der Waals surface area contributed by atoms with Gasteiger partial charge >= 0.3 is 0 Å². The highest BCUT2D eigenvalue weighted by atomic mass is 32.1. The second kappa shape index (κ2) is 8.60. The Bertz CT molecular complexity index is 1160. The van der Waals surface area contributed by atoms with E-state index >= 15 is 0 Å². The average molecular weight is 440 g/mol. The predicted octanol–water partition coefficient (Wildman–Crippen LogP) is 2.19. The third-order valence-electron chi connectivity index (χ3n) is 5.39. The highest BCUT2D eigenvalue weighted by molar-refractivity contribution is 7.10. The lowest BCUT2D eigenvalue weighted by molar-refractivity contribution is 0.0932. The molecule has 1 aliphatic rings. The molecule has 2 amide bonds. The fraction of sp³-hybridized carbons (Fsp3) is 0.364. The van der Waals surface area contributed by atoms with Gasteiger partial charge in [-0.15, -0.1) is 11.3 Å². The number of likely N-dealkylation sites (N-methyl/N-ethyl adjacent to an activating group) is 1. The van der Waals surface area contributed by atoms with Crippen molar-refractivity contribution in [3.63, 3.8) is 0 Å². The van der Waals surface area contributed by atoms with E-state index in [1.807, 2.05) is 31.1 Å². The first kappa shape index (κ1) is 21.2. The topological polar surface area (TPSA) is 107 Å². The largest absolute Gasteiger partial charge is 0.350 e. The summed E-state index contributed by atoms with van der Waals surface area (Å²) < 4.78 is 0. The normalized spacial score (nSPS) is 15.7. The number of benzene rings is 1. The molecule has 9 heteroatoms. The molecule has 1 atom stereocenters. The Balaban J connectivity index is 1.49. The summed E-state index contributed by atoms with van der Waals surface area (Å²) in [6.07, 6.45) is 0.129. The van der Waals surface area contributed by atoms with Crippen LogP contribution >= 0.6 is 11.3 Å². The number of rotatable bonds is 7. The van der Waals surface area contributed by atoms with Crippen LogP contribution in [0, 0.1) is 0 Å². The van der Waals surface area contributed by atoms with Gasteiger partial charge in [-0.05, 0) is 37.9 Å². The maximum absolute atomic E-state index is 12.9. The Morgan fingerprint density at radius 3 is 2.90 bits per heavy atom. The molecule has 2 aromatic heterocycles. The molecule has 3 heterocycles. The monoisotopic (exact) mass is 439 g/mol. The van der Waals surface area contributed by atoms with Crippen LogP contribution in [-0.4, -0.2) is 66.2 Å². The number of nitrogens with one attached hydrogen (secondary N) is 3. The van der Waals surface area contributed by atoms with E-state index in [0.29, 0.717) is 35.0 Å². The summed E-state index contributed by atoms with van der Waals surface area (Å²) in [5, 5.41) is 8.88. The van der Waals surface area contributed by atoms with Crippen LogP contribution in [0.2, 0.25) is 0 Å². The Morgan fingerprint density at radius 1 is 1.32 bits per heavy atom. The van der Waals surface area contributed by atoms with Crippen molar-refractivity contribution in [2.45, 2.75) is 19.3 Å². The average Bonchev–Trinajstić information content (AvgIpc) is 3.35. The lowest BCUT2D eigenvalue weighted by Crippen LogP contribution is -2.33. The summed E-state index contributed by atoms with van der Waals surface area (Å²) in [5.74, 6) is -0.251. The quantitative estimate of drug-likeness (QED) is 0.489. The maximum Gasteiger partial charge on any atom is 0.270 e. The first-order chi connectivity index (χ1) is 14.8. The molecule has 1 aromatic carbocycles. The fourth-order valence-corrected chi connectivity index (χ4v) is 4.51. The number of hydrogen-bond donors (Lipinski definition) is 3. The van der Waals surface area contributed by atoms with Crippen LogP contribution in [0.5, 0.6) is 0 Å². The zero-order chi connectivity index (χ0) is 22.1. The van der Waals surface area contributed by atoms with Gasteiger partial charge in [-0.3, -0.25) is 14.4 Å². The van der Waals surface area contributed by atoms with Crippen LogP contribution in [-0.2, 0) is 6.42 Å². The smallest absolute Gasteiger partial charge is 0.270 e. The minimum Gasteiger partial charge on any atom is -0.350 e. The molecule has 3 aromatic rings. The van der Waals surface area contributed by atoms with Gasteiger partial charge in [0.1, 0.15) is 16.4 Å². The minimum atomic E-state index is -0.232. The summed E-state index contributed by atoms with van der Waals surface area (Å²) in [6, 6.07) is 5.45. The van der Waals surface area contributed by atoms with E-state index in [0.717, 1.165) is 23.0 Å². The second-order valence-electron chi connectivity index (χ2n) is 8.07. The van der Waals surface area contributed by atoms with Gasteiger partial charge in [-0.1, -0.05) is 6.92 Å². The molecule has 0 saturated heterocycles. The number of carbonyl (C=O) groups excluding carboxylic acids is 3. The van der Waals surface area contributed by atoms with Gasteiger partial charge in [0.2, 0.25) is 0 Å². The zero-order valence-corrected chi connectivity index (χ0v) is 18.6. The van der Waals surface area contributed by atoms with Gasteiger partial charge < -0.3 is 20.5 Å². The number of amides is 2. The Morgan fingerprint density at radius 2 is 2.13 bits per heavy atom.